The van der Waals surface area contributed by atoms with Crippen molar-refractivity contribution in [2.75, 3.05) is 18.5 Å². The fraction of sp³-hybridized carbons (Fsp3) is 0.200. The van der Waals surface area contributed by atoms with Gasteiger partial charge in [-0.25, -0.2) is 0 Å². The number of nitrogens with one attached hydrogen (secondary N) is 1. The highest BCUT2D eigenvalue weighted by atomic mass is 79.9. The molecule has 0 radical (unpaired) electrons. The zero-order valence-corrected chi connectivity index (χ0v) is 12.3. The highest BCUT2D eigenvalue weighted by molar-refractivity contribution is 9.10. The lowest BCUT2D eigenvalue weighted by molar-refractivity contribution is 0.171. The Kier molecular flexibility index (Phi) is 3.69. The maximum absolute atomic E-state index is 9.94. The number of fused-ring (bicyclic) bond motifs is 1. The van der Waals surface area contributed by atoms with E-state index in [4.69, 9.17) is 9.47 Å². The summed E-state index contributed by atoms with van der Waals surface area (Å²) in [6.07, 6.45) is 0. The van der Waals surface area contributed by atoms with Crippen molar-refractivity contribution in [3.63, 3.8) is 0 Å². The van der Waals surface area contributed by atoms with Crippen LogP contribution in [-0.2, 0) is 6.54 Å². The van der Waals surface area contributed by atoms with Crippen LogP contribution in [-0.4, -0.2) is 18.3 Å². The average molecular weight is 336 g/mol. The molecule has 5 heteroatoms. The second-order valence-corrected chi connectivity index (χ2v) is 5.31. The predicted molar refractivity (Wildman–Crippen MR) is 80.6 cm³/mol. The van der Waals surface area contributed by atoms with E-state index in [2.05, 4.69) is 21.2 Å². The molecule has 2 aromatic rings. The van der Waals surface area contributed by atoms with Gasteiger partial charge in [-0.2, -0.15) is 0 Å². The number of ether oxygens (including phenoxy) is 2. The Morgan fingerprint density at radius 1 is 1.10 bits per heavy atom. The van der Waals surface area contributed by atoms with Gasteiger partial charge in [0.05, 0.1) is 4.47 Å². The van der Waals surface area contributed by atoms with Crippen molar-refractivity contribution in [1.82, 2.24) is 0 Å². The van der Waals surface area contributed by atoms with Crippen LogP contribution < -0.4 is 14.8 Å². The molecule has 0 bridgehead atoms. The van der Waals surface area contributed by atoms with Gasteiger partial charge >= 0.3 is 0 Å². The first-order valence-corrected chi connectivity index (χ1v) is 7.13. The zero-order chi connectivity index (χ0) is 13.9. The first kappa shape index (κ1) is 13.1. The summed E-state index contributed by atoms with van der Waals surface area (Å²) >= 11 is 3.31. The topological polar surface area (TPSA) is 50.7 Å². The van der Waals surface area contributed by atoms with E-state index in [1.807, 2.05) is 36.4 Å². The first-order valence-electron chi connectivity index (χ1n) is 6.34. The minimum atomic E-state index is 0.262. The van der Waals surface area contributed by atoms with E-state index >= 15 is 0 Å². The molecule has 0 unspecified atom stereocenters. The second-order valence-electron chi connectivity index (χ2n) is 4.46. The number of anilines is 1. The van der Waals surface area contributed by atoms with E-state index in [0.29, 0.717) is 24.2 Å². The second kappa shape index (κ2) is 5.63. The smallest absolute Gasteiger partial charge is 0.163 e. The van der Waals surface area contributed by atoms with Crippen LogP contribution in [0.3, 0.4) is 0 Å². The summed E-state index contributed by atoms with van der Waals surface area (Å²) in [5.74, 6) is 1.78. The number of hydrogen-bond donors (Lipinski definition) is 2. The van der Waals surface area contributed by atoms with Crippen LogP contribution in [0.4, 0.5) is 5.69 Å². The number of phenols is 1. The fourth-order valence-corrected chi connectivity index (χ4v) is 2.46. The summed E-state index contributed by atoms with van der Waals surface area (Å²) in [5, 5.41) is 13.2. The van der Waals surface area contributed by atoms with Crippen molar-refractivity contribution in [1.29, 1.82) is 0 Å². The molecule has 2 aromatic carbocycles. The molecule has 3 rings (SSSR count). The summed E-state index contributed by atoms with van der Waals surface area (Å²) in [7, 11) is 0. The molecule has 0 aromatic heterocycles. The molecule has 4 nitrogen and oxygen atoms in total. The molecule has 0 amide bonds. The molecule has 0 fully saturated rings. The van der Waals surface area contributed by atoms with Gasteiger partial charge in [0.25, 0.3) is 0 Å². The fourth-order valence-electron chi connectivity index (χ4n) is 2.05. The molecule has 0 saturated heterocycles. The largest absolute Gasteiger partial charge is 0.506 e. The molecule has 1 aliphatic rings. The Morgan fingerprint density at radius 2 is 1.90 bits per heavy atom. The average Bonchev–Trinajstić information content (AvgIpc) is 2.48. The van der Waals surface area contributed by atoms with E-state index in [-0.39, 0.29) is 5.75 Å². The van der Waals surface area contributed by atoms with Crippen LogP contribution in [0.5, 0.6) is 17.2 Å². The van der Waals surface area contributed by atoms with Crippen LogP contribution in [0, 0.1) is 0 Å². The van der Waals surface area contributed by atoms with E-state index in [1.165, 1.54) is 0 Å². The summed E-state index contributed by atoms with van der Waals surface area (Å²) in [6, 6.07) is 11.3. The van der Waals surface area contributed by atoms with Crippen LogP contribution in [0.25, 0.3) is 0 Å². The third kappa shape index (κ3) is 2.67. The lowest BCUT2D eigenvalue weighted by Crippen LogP contribution is -2.15. The van der Waals surface area contributed by atoms with Crippen molar-refractivity contribution in [3.05, 3.63) is 46.4 Å². The number of benzene rings is 2. The monoisotopic (exact) mass is 335 g/mol. The molecule has 20 heavy (non-hydrogen) atoms. The predicted octanol–water partition coefficient (Wildman–Crippen LogP) is 3.54. The van der Waals surface area contributed by atoms with Crippen LogP contribution >= 0.6 is 15.9 Å². The maximum atomic E-state index is 9.94. The summed E-state index contributed by atoms with van der Waals surface area (Å²) in [5.41, 5.74) is 1.75. The van der Waals surface area contributed by atoms with E-state index in [9.17, 15) is 5.11 Å². The van der Waals surface area contributed by atoms with Gasteiger partial charge in [0, 0.05) is 23.9 Å². The van der Waals surface area contributed by atoms with E-state index < -0.39 is 0 Å². The maximum Gasteiger partial charge on any atom is 0.163 e. The highest BCUT2D eigenvalue weighted by Gasteiger charge is 2.12. The van der Waals surface area contributed by atoms with Crippen LogP contribution in [0.2, 0.25) is 0 Å². The van der Waals surface area contributed by atoms with Crippen molar-refractivity contribution >= 4 is 21.6 Å². The number of rotatable bonds is 3. The van der Waals surface area contributed by atoms with Crippen molar-refractivity contribution in [2.45, 2.75) is 6.54 Å². The van der Waals surface area contributed by atoms with Gasteiger partial charge in [-0.05, 0) is 34.1 Å². The molecule has 2 N–H and O–H groups in total. The summed E-state index contributed by atoms with van der Waals surface area (Å²) < 4.78 is 11.7. The summed E-state index contributed by atoms with van der Waals surface area (Å²) in [4.78, 5) is 0. The van der Waals surface area contributed by atoms with Gasteiger partial charge < -0.3 is 19.9 Å². The molecule has 0 atom stereocenters. The Morgan fingerprint density at radius 3 is 2.75 bits per heavy atom. The van der Waals surface area contributed by atoms with Gasteiger partial charge in [0.2, 0.25) is 0 Å². The quantitative estimate of drug-likeness (QED) is 0.900. The molecule has 1 aliphatic heterocycles. The van der Waals surface area contributed by atoms with E-state index in [0.717, 1.165) is 22.7 Å². The van der Waals surface area contributed by atoms with Gasteiger partial charge in [0.1, 0.15) is 19.0 Å². The SMILES string of the molecule is Oc1c(Br)cccc1CNc1ccc2c(c1)OCCO2. The molecule has 104 valence electrons. The van der Waals surface area contributed by atoms with Crippen LogP contribution in [0.1, 0.15) is 5.56 Å². The van der Waals surface area contributed by atoms with Gasteiger partial charge in [-0.3, -0.25) is 0 Å². The Balaban J connectivity index is 1.73. The zero-order valence-electron chi connectivity index (χ0n) is 10.7. The van der Waals surface area contributed by atoms with Crippen molar-refractivity contribution < 1.29 is 14.6 Å². The van der Waals surface area contributed by atoms with Crippen molar-refractivity contribution in [3.8, 4) is 17.2 Å². The minimum Gasteiger partial charge on any atom is -0.506 e. The Hall–Kier alpha value is -1.88. The Bertz CT molecular complexity index is 631. The third-order valence-electron chi connectivity index (χ3n) is 3.10. The lowest BCUT2D eigenvalue weighted by atomic mass is 10.2. The molecular weight excluding hydrogens is 322 g/mol. The third-order valence-corrected chi connectivity index (χ3v) is 3.74. The number of halogens is 1. The normalized spacial score (nSPS) is 13.1. The molecule has 1 heterocycles. The van der Waals surface area contributed by atoms with E-state index in [1.54, 1.807) is 0 Å². The lowest BCUT2D eigenvalue weighted by Gasteiger charge is -2.19. The number of hydrogen-bond acceptors (Lipinski definition) is 4. The molecular formula is C15H14BrNO3. The van der Waals surface area contributed by atoms with Gasteiger partial charge in [-0.1, -0.05) is 12.1 Å². The van der Waals surface area contributed by atoms with Crippen LogP contribution in [0.15, 0.2) is 40.9 Å². The first-order chi connectivity index (χ1) is 9.74. The molecule has 0 aliphatic carbocycles. The van der Waals surface area contributed by atoms with Gasteiger partial charge in [-0.15, -0.1) is 0 Å². The number of aromatic hydroxyl groups is 1. The van der Waals surface area contributed by atoms with Crippen molar-refractivity contribution in [2.24, 2.45) is 0 Å². The highest BCUT2D eigenvalue weighted by Crippen LogP contribution is 2.33. The Labute approximate surface area is 125 Å². The number of phenolic OH excluding ortho intramolecular Hbond substituents is 1. The van der Waals surface area contributed by atoms with Gasteiger partial charge in [0.15, 0.2) is 11.5 Å². The number of para-hydroxylation sites is 1. The summed E-state index contributed by atoms with van der Waals surface area (Å²) in [6.45, 7) is 1.69. The molecule has 0 saturated carbocycles. The standard InChI is InChI=1S/C15H14BrNO3/c16-12-3-1-2-10(15(12)18)9-17-11-4-5-13-14(8-11)20-7-6-19-13/h1-5,8,17-18H,6-7,9H2. The minimum absolute atomic E-state index is 0.262. The molecule has 0 spiro atoms.